The van der Waals surface area contributed by atoms with Crippen LogP contribution in [0.5, 0.6) is 0 Å². The Morgan fingerprint density at radius 1 is 1.09 bits per heavy atom. The van der Waals surface area contributed by atoms with Gasteiger partial charge in [0.15, 0.2) is 5.82 Å². The number of hydrogen-bond donors (Lipinski definition) is 2. The van der Waals surface area contributed by atoms with Crippen molar-refractivity contribution >= 4 is 28.6 Å². The Morgan fingerprint density at radius 2 is 1.76 bits per heavy atom. The number of aryl methyl sites for hydroxylation is 1. The molecule has 7 nitrogen and oxygen atoms in total. The second-order valence-corrected chi connectivity index (χ2v) is 7.88. The topological polar surface area (TPSA) is 79.3 Å². The molecular formula is C23H24F3N5O2. The molecule has 0 radical (unpaired) electrons. The van der Waals surface area contributed by atoms with Crippen LogP contribution in [0, 0.1) is 0 Å². The normalized spacial score (nSPS) is 15.0. The van der Waals surface area contributed by atoms with Gasteiger partial charge in [-0.3, -0.25) is 4.79 Å². The molecule has 2 aromatic carbocycles. The molecule has 3 aromatic rings. The molecule has 1 aliphatic rings. The van der Waals surface area contributed by atoms with E-state index in [0.29, 0.717) is 38.3 Å². The van der Waals surface area contributed by atoms with Gasteiger partial charge in [-0.15, -0.1) is 0 Å². The molecule has 2 heterocycles. The molecule has 10 heteroatoms. The molecule has 33 heavy (non-hydrogen) atoms. The molecule has 1 saturated heterocycles. The molecule has 0 saturated carbocycles. The van der Waals surface area contributed by atoms with Gasteiger partial charge in [0.25, 0.3) is 5.56 Å². The molecule has 174 valence electrons. The van der Waals surface area contributed by atoms with Crippen LogP contribution in [0.3, 0.4) is 0 Å². The number of nitrogens with zero attached hydrogens (tertiary/aromatic N) is 3. The summed E-state index contributed by atoms with van der Waals surface area (Å²) in [7, 11) is 0. The number of anilines is 2. The first-order valence-electron chi connectivity index (χ1n) is 10.8. The standard InChI is InChI=1S/C23H24F3N5O2/c1-2-31-19-10-6-5-9-18(19)28-20(21(31)32)30-13-11-15(12-14-30)27-22(33)29-17-8-4-3-7-16(17)23(24,25)26/h3-10,15H,2,11-14H2,1H3,(H2,27,29,33). The van der Waals surface area contributed by atoms with Gasteiger partial charge >= 0.3 is 12.2 Å². The maximum absolute atomic E-state index is 13.1. The van der Waals surface area contributed by atoms with E-state index in [2.05, 4.69) is 15.6 Å². The van der Waals surface area contributed by atoms with E-state index >= 15 is 0 Å². The Bertz CT molecular complexity index is 1220. The average Bonchev–Trinajstić information content (AvgIpc) is 2.79. The van der Waals surface area contributed by atoms with Gasteiger partial charge in [0.1, 0.15) is 0 Å². The number of alkyl halides is 3. The smallest absolute Gasteiger partial charge is 0.352 e. The number of amides is 2. The van der Waals surface area contributed by atoms with Crippen LogP contribution in [0.15, 0.2) is 53.3 Å². The number of benzene rings is 2. The number of aromatic nitrogens is 2. The Labute approximate surface area is 188 Å². The van der Waals surface area contributed by atoms with Crippen LogP contribution >= 0.6 is 0 Å². The van der Waals surface area contributed by atoms with Crippen molar-refractivity contribution in [1.29, 1.82) is 0 Å². The largest absolute Gasteiger partial charge is 0.418 e. The van der Waals surface area contributed by atoms with E-state index in [1.165, 1.54) is 18.2 Å². The quantitative estimate of drug-likeness (QED) is 0.612. The molecule has 1 aromatic heterocycles. The number of urea groups is 1. The lowest BCUT2D eigenvalue weighted by molar-refractivity contribution is -0.136. The second kappa shape index (κ2) is 9.13. The van der Waals surface area contributed by atoms with Gasteiger partial charge in [0.05, 0.1) is 22.3 Å². The van der Waals surface area contributed by atoms with E-state index < -0.39 is 17.8 Å². The first-order chi connectivity index (χ1) is 15.8. The summed E-state index contributed by atoms with van der Waals surface area (Å²) in [5.74, 6) is 0.373. The molecule has 4 rings (SSSR count). The molecule has 1 fully saturated rings. The van der Waals surface area contributed by atoms with Crippen LogP contribution in [0.4, 0.5) is 29.5 Å². The first kappa shape index (κ1) is 22.6. The van der Waals surface area contributed by atoms with E-state index in [9.17, 15) is 22.8 Å². The highest BCUT2D eigenvalue weighted by Crippen LogP contribution is 2.34. The number of piperidine rings is 1. The summed E-state index contributed by atoms with van der Waals surface area (Å²) in [5.41, 5.74) is 0.159. The summed E-state index contributed by atoms with van der Waals surface area (Å²) in [6.07, 6.45) is -3.49. The molecule has 0 bridgehead atoms. The second-order valence-electron chi connectivity index (χ2n) is 7.88. The van der Waals surface area contributed by atoms with Gasteiger partial charge in [0, 0.05) is 25.7 Å². The number of para-hydroxylation sites is 3. The van der Waals surface area contributed by atoms with Crippen molar-refractivity contribution in [1.82, 2.24) is 14.9 Å². The lowest BCUT2D eigenvalue weighted by atomic mass is 10.1. The first-order valence-corrected chi connectivity index (χ1v) is 10.8. The molecule has 0 aliphatic carbocycles. The zero-order chi connectivity index (χ0) is 23.6. The number of halogens is 3. The Balaban J connectivity index is 1.42. The molecule has 0 atom stereocenters. The van der Waals surface area contributed by atoms with E-state index in [-0.39, 0.29) is 17.3 Å². The maximum atomic E-state index is 13.1. The minimum atomic E-state index is -4.56. The van der Waals surface area contributed by atoms with Crippen LogP contribution in [-0.4, -0.2) is 34.7 Å². The lowest BCUT2D eigenvalue weighted by Crippen LogP contribution is -2.47. The lowest BCUT2D eigenvalue weighted by Gasteiger charge is -2.33. The summed E-state index contributed by atoms with van der Waals surface area (Å²) < 4.78 is 41.1. The number of hydrogen-bond acceptors (Lipinski definition) is 4. The van der Waals surface area contributed by atoms with Crippen LogP contribution in [0.25, 0.3) is 11.0 Å². The van der Waals surface area contributed by atoms with Crippen molar-refractivity contribution in [3.05, 3.63) is 64.4 Å². The molecular weight excluding hydrogens is 435 g/mol. The average molecular weight is 459 g/mol. The van der Waals surface area contributed by atoms with Crippen molar-refractivity contribution in [3.63, 3.8) is 0 Å². The molecule has 1 aliphatic heterocycles. The van der Waals surface area contributed by atoms with Gasteiger partial charge in [-0.1, -0.05) is 24.3 Å². The fourth-order valence-corrected chi connectivity index (χ4v) is 4.12. The van der Waals surface area contributed by atoms with E-state index in [4.69, 9.17) is 0 Å². The highest BCUT2D eigenvalue weighted by atomic mass is 19.4. The van der Waals surface area contributed by atoms with E-state index in [1.54, 1.807) is 4.57 Å². The van der Waals surface area contributed by atoms with Gasteiger partial charge in [-0.05, 0) is 44.0 Å². The Kier molecular flexibility index (Phi) is 6.26. The van der Waals surface area contributed by atoms with Crippen molar-refractivity contribution in [2.75, 3.05) is 23.3 Å². The Morgan fingerprint density at radius 3 is 2.45 bits per heavy atom. The van der Waals surface area contributed by atoms with Crippen molar-refractivity contribution in [2.24, 2.45) is 0 Å². The summed E-state index contributed by atoms with van der Waals surface area (Å²) in [5, 5.41) is 5.04. The van der Waals surface area contributed by atoms with Gasteiger partial charge in [-0.25, -0.2) is 9.78 Å². The van der Waals surface area contributed by atoms with E-state index in [1.807, 2.05) is 36.1 Å². The summed E-state index contributed by atoms with van der Waals surface area (Å²) in [4.78, 5) is 31.8. The molecule has 0 unspecified atom stereocenters. The van der Waals surface area contributed by atoms with E-state index in [0.717, 1.165) is 17.1 Å². The summed E-state index contributed by atoms with van der Waals surface area (Å²) in [6, 6.07) is 11.4. The maximum Gasteiger partial charge on any atom is 0.418 e. The van der Waals surface area contributed by atoms with Gasteiger partial charge in [-0.2, -0.15) is 13.2 Å². The third kappa shape index (κ3) is 4.79. The van der Waals surface area contributed by atoms with Crippen LogP contribution < -0.4 is 21.1 Å². The molecule has 2 N–H and O–H groups in total. The number of fused-ring (bicyclic) bond motifs is 1. The molecule has 2 amide bonds. The number of rotatable bonds is 4. The van der Waals surface area contributed by atoms with Gasteiger partial charge in [0.2, 0.25) is 0 Å². The predicted octanol–water partition coefficient (Wildman–Crippen LogP) is 4.23. The third-order valence-electron chi connectivity index (χ3n) is 5.76. The summed E-state index contributed by atoms with van der Waals surface area (Å²) in [6.45, 7) is 3.42. The minimum absolute atomic E-state index is 0.163. The summed E-state index contributed by atoms with van der Waals surface area (Å²) >= 11 is 0. The number of carbonyl (C=O) groups excluding carboxylic acids is 1. The monoisotopic (exact) mass is 459 g/mol. The zero-order valence-electron chi connectivity index (χ0n) is 18.0. The highest BCUT2D eigenvalue weighted by Gasteiger charge is 2.34. The predicted molar refractivity (Wildman–Crippen MR) is 121 cm³/mol. The van der Waals surface area contributed by atoms with Crippen LogP contribution in [0.2, 0.25) is 0 Å². The van der Waals surface area contributed by atoms with Crippen molar-refractivity contribution in [3.8, 4) is 0 Å². The van der Waals surface area contributed by atoms with Crippen molar-refractivity contribution < 1.29 is 18.0 Å². The van der Waals surface area contributed by atoms with Crippen LogP contribution in [-0.2, 0) is 12.7 Å². The number of nitrogens with one attached hydrogen (secondary N) is 2. The van der Waals surface area contributed by atoms with Crippen LogP contribution in [0.1, 0.15) is 25.3 Å². The highest BCUT2D eigenvalue weighted by molar-refractivity contribution is 5.90. The SMILES string of the molecule is CCn1c(=O)c(N2CCC(NC(=O)Nc3ccccc3C(F)(F)F)CC2)nc2ccccc21. The van der Waals surface area contributed by atoms with Crippen molar-refractivity contribution in [2.45, 2.75) is 38.5 Å². The molecule has 0 spiro atoms. The zero-order valence-corrected chi connectivity index (χ0v) is 18.0. The third-order valence-corrected chi connectivity index (χ3v) is 5.76. The fourth-order valence-electron chi connectivity index (χ4n) is 4.12. The Hall–Kier alpha value is -3.56. The number of carbonyl (C=O) groups is 1. The fraction of sp³-hybridized carbons (Fsp3) is 0.348. The van der Waals surface area contributed by atoms with Gasteiger partial charge < -0.3 is 20.1 Å². The minimum Gasteiger partial charge on any atom is -0.352 e.